The van der Waals surface area contributed by atoms with Crippen LogP contribution in [0.1, 0.15) is 39.2 Å². The molecule has 1 aromatic heterocycles. The van der Waals surface area contributed by atoms with Crippen LogP contribution in [0.25, 0.3) is 17.2 Å². The van der Waals surface area contributed by atoms with Crippen molar-refractivity contribution in [3.63, 3.8) is 0 Å². The lowest BCUT2D eigenvalue weighted by molar-refractivity contribution is 0.104. The van der Waals surface area contributed by atoms with Crippen LogP contribution in [0.5, 0.6) is 5.75 Å². The summed E-state index contributed by atoms with van der Waals surface area (Å²) >= 11 is 4.54. The van der Waals surface area contributed by atoms with E-state index >= 15 is 0 Å². The van der Waals surface area contributed by atoms with Crippen molar-refractivity contribution in [3.05, 3.63) is 117 Å². The number of methoxy groups -OCH3 is 1. The van der Waals surface area contributed by atoms with Crippen LogP contribution in [0.2, 0.25) is 0 Å². The van der Waals surface area contributed by atoms with Crippen molar-refractivity contribution in [1.29, 1.82) is 5.26 Å². The fourth-order valence-electron chi connectivity index (χ4n) is 3.75. The molecule has 0 spiro atoms. The molecule has 0 aliphatic carbocycles. The number of halogens is 3. The van der Waals surface area contributed by atoms with Gasteiger partial charge < -0.3 is 4.74 Å². The van der Waals surface area contributed by atoms with E-state index in [0.29, 0.717) is 28.2 Å². The predicted molar refractivity (Wildman–Crippen MR) is 149 cm³/mol. The molecule has 0 amide bonds. The number of hydrogen-bond donors (Lipinski definition) is 0. The van der Waals surface area contributed by atoms with E-state index in [1.165, 1.54) is 23.9 Å². The van der Waals surface area contributed by atoms with Gasteiger partial charge in [0, 0.05) is 26.9 Å². The molecule has 1 heterocycles. The van der Waals surface area contributed by atoms with Gasteiger partial charge in [-0.3, -0.25) is 4.79 Å². The Labute approximate surface area is 232 Å². The summed E-state index contributed by atoms with van der Waals surface area (Å²) in [6.45, 7) is 0. The largest absolute Gasteiger partial charge is 0.496 e. The molecule has 38 heavy (non-hydrogen) atoms. The lowest BCUT2D eigenvalue weighted by atomic mass is 10.0. The van der Waals surface area contributed by atoms with Crippen molar-refractivity contribution >= 4 is 39.6 Å². The Morgan fingerprint density at radius 3 is 2.50 bits per heavy atom. The molecule has 4 nitrogen and oxygen atoms in total. The summed E-state index contributed by atoms with van der Waals surface area (Å²) in [6, 6.07) is 24.9. The first kappa shape index (κ1) is 27.2. The molecule has 0 saturated carbocycles. The van der Waals surface area contributed by atoms with Gasteiger partial charge in [-0.15, -0.1) is 11.8 Å². The number of carbonyl (C=O) groups excluding carboxylic acids is 1. The Morgan fingerprint density at radius 2 is 1.84 bits per heavy atom. The van der Waals surface area contributed by atoms with E-state index in [2.05, 4.69) is 27.0 Å². The van der Waals surface area contributed by atoms with Crippen molar-refractivity contribution < 1.29 is 18.3 Å². The van der Waals surface area contributed by atoms with Gasteiger partial charge in [-0.05, 0) is 59.7 Å². The third-order valence-corrected chi connectivity index (χ3v) is 7.20. The van der Waals surface area contributed by atoms with Gasteiger partial charge in [0.25, 0.3) is 6.43 Å². The number of pyridine rings is 1. The van der Waals surface area contributed by atoms with Crippen LogP contribution in [0.4, 0.5) is 8.78 Å². The van der Waals surface area contributed by atoms with Crippen LogP contribution in [-0.2, 0) is 5.75 Å². The molecule has 3 aromatic carbocycles. The molecule has 0 aliphatic heterocycles. The Kier molecular flexibility index (Phi) is 9.06. The van der Waals surface area contributed by atoms with E-state index in [0.717, 1.165) is 15.6 Å². The highest BCUT2D eigenvalue weighted by atomic mass is 79.9. The molecule has 0 saturated heterocycles. The average Bonchev–Trinajstić information content (AvgIpc) is 2.95. The number of hydrogen-bond acceptors (Lipinski definition) is 5. The molecule has 4 rings (SSSR count). The molecule has 0 atom stereocenters. The minimum atomic E-state index is -2.78. The quantitative estimate of drug-likeness (QED) is 0.111. The second-order valence-corrected chi connectivity index (χ2v) is 10.00. The van der Waals surface area contributed by atoms with E-state index in [1.54, 1.807) is 67.8 Å². The number of allylic oxidation sites excluding steroid dienone is 1. The average molecular weight is 591 g/mol. The van der Waals surface area contributed by atoms with Crippen molar-refractivity contribution in [1.82, 2.24) is 4.98 Å². The zero-order valence-corrected chi connectivity index (χ0v) is 22.6. The van der Waals surface area contributed by atoms with Crippen molar-refractivity contribution in [3.8, 4) is 22.9 Å². The molecular formula is C30H21BrF2N2O2S. The fourth-order valence-corrected chi connectivity index (χ4v) is 5.01. The summed E-state index contributed by atoms with van der Waals surface area (Å²) in [5.74, 6) is 0.777. The summed E-state index contributed by atoms with van der Waals surface area (Å²) in [5, 5.41) is 10.1. The molecule has 0 N–H and O–H groups in total. The standard InChI is InChI=1S/C30H21BrF2N2O2S/c1-37-28-14-8-19(7-13-27(36)21-9-11-23(31)12-10-21)15-22(28)18-38-30-25(17-34)24(16-26(35-30)29(32)33)20-5-3-2-4-6-20/h2-16,29H,18H2,1H3/b13-7+. The molecular weight excluding hydrogens is 570 g/mol. The van der Waals surface area contributed by atoms with Gasteiger partial charge in [-0.25, -0.2) is 13.8 Å². The van der Waals surface area contributed by atoms with Gasteiger partial charge in [0.2, 0.25) is 0 Å². The van der Waals surface area contributed by atoms with Crippen LogP contribution in [-0.4, -0.2) is 17.9 Å². The molecule has 0 unspecified atom stereocenters. The monoisotopic (exact) mass is 590 g/mol. The molecule has 8 heteroatoms. The minimum Gasteiger partial charge on any atom is -0.496 e. The highest BCUT2D eigenvalue weighted by molar-refractivity contribution is 9.10. The number of thioether (sulfide) groups is 1. The lowest BCUT2D eigenvalue weighted by Crippen LogP contribution is -1.99. The first-order valence-corrected chi connectivity index (χ1v) is 13.2. The smallest absolute Gasteiger partial charge is 0.280 e. The number of aromatic nitrogens is 1. The van der Waals surface area contributed by atoms with Gasteiger partial charge in [0.05, 0.1) is 12.7 Å². The van der Waals surface area contributed by atoms with Gasteiger partial charge in [0.15, 0.2) is 5.78 Å². The molecule has 0 radical (unpaired) electrons. The summed E-state index contributed by atoms with van der Waals surface area (Å²) in [5.41, 5.74) is 3.03. The number of nitrogens with zero attached hydrogens (tertiary/aromatic N) is 2. The number of rotatable bonds is 9. The predicted octanol–water partition coefficient (Wildman–Crippen LogP) is 8.52. The van der Waals surface area contributed by atoms with Gasteiger partial charge in [0.1, 0.15) is 22.5 Å². The van der Waals surface area contributed by atoms with E-state index in [1.807, 2.05) is 18.2 Å². The minimum absolute atomic E-state index is 0.135. The van der Waals surface area contributed by atoms with Crippen molar-refractivity contribution in [2.24, 2.45) is 0 Å². The Hall–Kier alpha value is -3.80. The maximum absolute atomic E-state index is 13.7. The number of nitriles is 1. The van der Waals surface area contributed by atoms with Gasteiger partial charge in [-0.1, -0.05) is 58.4 Å². The van der Waals surface area contributed by atoms with Crippen LogP contribution in [0, 0.1) is 11.3 Å². The highest BCUT2D eigenvalue weighted by Gasteiger charge is 2.19. The summed E-state index contributed by atoms with van der Waals surface area (Å²) < 4.78 is 33.8. The van der Waals surface area contributed by atoms with E-state index in [9.17, 15) is 18.8 Å². The number of benzene rings is 3. The summed E-state index contributed by atoms with van der Waals surface area (Å²) in [6.07, 6.45) is 0.424. The molecule has 0 bridgehead atoms. The number of alkyl halides is 2. The molecule has 190 valence electrons. The Morgan fingerprint density at radius 1 is 1.11 bits per heavy atom. The Balaban J connectivity index is 1.62. The second kappa shape index (κ2) is 12.6. The second-order valence-electron chi connectivity index (χ2n) is 8.12. The number of ketones is 1. The van der Waals surface area contributed by atoms with Crippen molar-refractivity contribution in [2.75, 3.05) is 7.11 Å². The van der Waals surface area contributed by atoms with E-state index in [-0.39, 0.29) is 22.1 Å². The molecule has 0 aliphatic rings. The van der Waals surface area contributed by atoms with Crippen LogP contribution in [0.15, 0.2) is 94.4 Å². The SMILES string of the molecule is COc1ccc(/C=C/C(=O)c2ccc(Br)cc2)cc1CSc1nc(C(F)F)cc(-c2ccccc2)c1C#N. The third kappa shape index (κ3) is 6.55. The molecule has 4 aromatic rings. The maximum Gasteiger partial charge on any atom is 0.280 e. The van der Waals surface area contributed by atoms with Gasteiger partial charge >= 0.3 is 0 Å². The van der Waals surface area contributed by atoms with Gasteiger partial charge in [-0.2, -0.15) is 5.26 Å². The zero-order chi connectivity index (χ0) is 27.1. The number of ether oxygens (including phenoxy) is 1. The van der Waals surface area contributed by atoms with Crippen LogP contribution >= 0.6 is 27.7 Å². The van der Waals surface area contributed by atoms with Crippen LogP contribution in [0.3, 0.4) is 0 Å². The summed E-state index contributed by atoms with van der Waals surface area (Å²) in [7, 11) is 1.54. The third-order valence-electron chi connectivity index (χ3n) is 5.65. The van der Waals surface area contributed by atoms with E-state index < -0.39 is 6.43 Å². The molecule has 0 fully saturated rings. The summed E-state index contributed by atoms with van der Waals surface area (Å²) in [4.78, 5) is 16.6. The zero-order valence-electron chi connectivity index (χ0n) is 20.2. The van der Waals surface area contributed by atoms with E-state index in [4.69, 9.17) is 4.74 Å². The first-order chi connectivity index (χ1) is 18.4. The Bertz CT molecular complexity index is 1520. The normalized spacial score (nSPS) is 11.1. The fraction of sp³-hybridized carbons (Fsp3) is 0.100. The first-order valence-electron chi connectivity index (χ1n) is 11.5. The lowest BCUT2D eigenvalue weighted by Gasteiger charge is -2.13. The topological polar surface area (TPSA) is 63.0 Å². The van der Waals surface area contributed by atoms with Crippen LogP contribution < -0.4 is 4.74 Å². The number of carbonyl (C=O) groups is 1. The maximum atomic E-state index is 13.7. The van der Waals surface area contributed by atoms with Crippen molar-refractivity contribution in [2.45, 2.75) is 17.2 Å². The highest BCUT2D eigenvalue weighted by Crippen LogP contribution is 2.36.